The smallest absolute Gasteiger partial charge is 0.123 e. The molecule has 0 amide bonds. The Morgan fingerprint density at radius 3 is 2.92 bits per heavy atom. The molecule has 0 saturated carbocycles. The molecule has 0 unspecified atom stereocenters. The second kappa shape index (κ2) is 2.74. The van der Waals surface area contributed by atoms with Gasteiger partial charge in [0.15, 0.2) is 0 Å². The number of rotatable bonds is 1. The first-order valence-corrected chi connectivity index (χ1v) is 3.88. The number of hydrogen-bond acceptors (Lipinski definition) is 2. The average molecular weight is 180 g/mol. The summed E-state index contributed by atoms with van der Waals surface area (Å²) in [5.41, 5.74) is 1.35. The molecule has 0 saturated heterocycles. The van der Waals surface area contributed by atoms with Gasteiger partial charge in [0, 0.05) is 17.1 Å². The van der Waals surface area contributed by atoms with E-state index in [4.69, 9.17) is 10.9 Å². The van der Waals surface area contributed by atoms with Crippen LogP contribution in [0.3, 0.4) is 0 Å². The van der Waals surface area contributed by atoms with Crippen molar-refractivity contribution in [3.63, 3.8) is 0 Å². The van der Waals surface area contributed by atoms with E-state index in [1.807, 2.05) is 0 Å². The topological polar surface area (TPSA) is 51.2 Å². The van der Waals surface area contributed by atoms with E-state index in [1.54, 1.807) is 12.3 Å². The molecular formula is C9H9FN2O. The van der Waals surface area contributed by atoms with Crippen molar-refractivity contribution >= 4 is 10.9 Å². The monoisotopic (exact) mass is 180 g/mol. The van der Waals surface area contributed by atoms with Gasteiger partial charge in [-0.2, -0.15) is 0 Å². The first-order valence-electron chi connectivity index (χ1n) is 3.88. The number of nitrogens with two attached hydrogens (primary N) is 1. The van der Waals surface area contributed by atoms with Gasteiger partial charge in [-0.25, -0.2) is 4.39 Å². The number of aliphatic hydroxyl groups excluding tert-OH is 1. The van der Waals surface area contributed by atoms with Crippen molar-refractivity contribution < 1.29 is 9.50 Å². The summed E-state index contributed by atoms with van der Waals surface area (Å²) in [5, 5.41) is 9.61. The zero-order valence-electron chi connectivity index (χ0n) is 6.87. The van der Waals surface area contributed by atoms with E-state index >= 15 is 0 Å². The average Bonchev–Trinajstić information content (AvgIpc) is 2.42. The van der Waals surface area contributed by atoms with E-state index in [1.165, 1.54) is 16.8 Å². The number of aromatic nitrogens is 1. The highest BCUT2D eigenvalue weighted by Gasteiger charge is 2.06. The van der Waals surface area contributed by atoms with Crippen LogP contribution in [0.4, 0.5) is 4.39 Å². The lowest BCUT2D eigenvalue weighted by Crippen LogP contribution is -2.04. The van der Waals surface area contributed by atoms with Crippen LogP contribution in [-0.2, 0) is 6.61 Å². The summed E-state index contributed by atoms with van der Waals surface area (Å²) < 4.78 is 14.2. The fourth-order valence-electron chi connectivity index (χ4n) is 1.42. The third-order valence-electron chi connectivity index (χ3n) is 2.05. The lowest BCUT2D eigenvalue weighted by Gasteiger charge is -1.95. The SMILES string of the molecule is Nn1cc(CO)c2cc(F)ccc21. The molecule has 0 aliphatic heterocycles. The predicted molar refractivity (Wildman–Crippen MR) is 48.0 cm³/mol. The molecule has 1 aromatic heterocycles. The molecule has 1 heterocycles. The first kappa shape index (κ1) is 8.07. The molecule has 3 N–H and O–H groups in total. The van der Waals surface area contributed by atoms with Crippen LogP contribution in [-0.4, -0.2) is 9.78 Å². The van der Waals surface area contributed by atoms with E-state index in [0.717, 1.165) is 0 Å². The summed E-state index contributed by atoms with van der Waals surface area (Å²) >= 11 is 0. The molecule has 2 aromatic rings. The van der Waals surface area contributed by atoms with Gasteiger partial charge in [-0.15, -0.1) is 0 Å². The maximum atomic E-state index is 12.8. The van der Waals surface area contributed by atoms with Gasteiger partial charge < -0.3 is 10.9 Å². The molecule has 0 radical (unpaired) electrons. The van der Waals surface area contributed by atoms with E-state index in [2.05, 4.69) is 0 Å². The van der Waals surface area contributed by atoms with Crippen molar-refractivity contribution in [3.05, 3.63) is 35.8 Å². The Morgan fingerprint density at radius 2 is 2.23 bits per heavy atom. The predicted octanol–water partition coefficient (Wildman–Crippen LogP) is 0.987. The van der Waals surface area contributed by atoms with Crippen LogP contribution in [0.25, 0.3) is 10.9 Å². The Balaban J connectivity index is 2.81. The molecule has 0 aliphatic rings. The third kappa shape index (κ3) is 1.15. The lowest BCUT2D eigenvalue weighted by atomic mass is 10.2. The van der Waals surface area contributed by atoms with Gasteiger partial charge in [0.1, 0.15) is 5.82 Å². The maximum absolute atomic E-state index is 12.8. The van der Waals surface area contributed by atoms with E-state index in [-0.39, 0.29) is 12.4 Å². The number of halogens is 1. The summed E-state index contributed by atoms with van der Waals surface area (Å²) in [6.07, 6.45) is 1.59. The van der Waals surface area contributed by atoms with Gasteiger partial charge in [-0.05, 0) is 18.2 Å². The molecular weight excluding hydrogens is 171 g/mol. The summed E-state index contributed by atoms with van der Waals surface area (Å²) in [7, 11) is 0. The third-order valence-corrected chi connectivity index (χ3v) is 2.05. The normalized spacial score (nSPS) is 10.9. The number of fused-ring (bicyclic) bond motifs is 1. The molecule has 0 atom stereocenters. The van der Waals surface area contributed by atoms with Gasteiger partial charge in [-0.3, -0.25) is 4.68 Å². The zero-order chi connectivity index (χ0) is 9.42. The summed E-state index contributed by atoms with van der Waals surface area (Å²) in [6, 6.07) is 4.29. The Bertz CT molecular complexity index is 450. The van der Waals surface area contributed by atoms with Crippen LogP contribution in [0.15, 0.2) is 24.4 Å². The molecule has 1 aromatic carbocycles. The fourth-order valence-corrected chi connectivity index (χ4v) is 1.42. The Kier molecular flexibility index (Phi) is 1.70. The van der Waals surface area contributed by atoms with Crippen molar-refractivity contribution in [2.75, 3.05) is 5.84 Å². The molecule has 0 aliphatic carbocycles. The summed E-state index contributed by atoms with van der Waals surface area (Å²) in [5.74, 6) is 5.26. The minimum absolute atomic E-state index is 0.135. The van der Waals surface area contributed by atoms with Crippen LogP contribution in [0, 0.1) is 5.82 Å². The van der Waals surface area contributed by atoms with E-state index < -0.39 is 0 Å². The summed E-state index contributed by atoms with van der Waals surface area (Å²) in [6.45, 7) is -0.135. The molecule has 2 rings (SSSR count). The Labute approximate surface area is 74.2 Å². The highest BCUT2D eigenvalue weighted by Crippen LogP contribution is 2.20. The number of nitrogens with zero attached hydrogens (tertiary/aromatic N) is 1. The van der Waals surface area contributed by atoms with Crippen LogP contribution >= 0.6 is 0 Å². The van der Waals surface area contributed by atoms with Crippen LogP contribution in [0.2, 0.25) is 0 Å². The highest BCUT2D eigenvalue weighted by atomic mass is 19.1. The van der Waals surface area contributed by atoms with Crippen LogP contribution in [0.1, 0.15) is 5.56 Å². The number of aliphatic hydroxyl groups is 1. The van der Waals surface area contributed by atoms with Crippen LogP contribution in [0.5, 0.6) is 0 Å². The quantitative estimate of drug-likeness (QED) is 0.643. The molecule has 4 heteroatoms. The van der Waals surface area contributed by atoms with Crippen molar-refractivity contribution in [1.29, 1.82) is 0 Å². The minimum atomic E-state index is -0.326. The molecule has 3 nitrogen and oxygen atoms in total. The standard InChI is InChI=1S/C9H9FN2O/c10-7-1-2-9-8(3-7)6(5-13)4-12(9)11/h1-4,13H,5,11H2. The largest absolute Gasteiger partial charge is 0.392 e. The van der Waals surface area contributed by atoms with Crippen molar-refractivity contribution in [1.82, 2.24) is 4.68 Å². The fraction of sp³-hybridized carbons (Fsp3) is 0.111. The Morgan fingerprint density at radius 1 is 1.46 bits per heavy atom. The van der Waals surface area contributed by atoms with Crippen molar-refractivity contribution in [3.8, 4) is 0 Å². The maximum Gasteiger partial charge on any atom is 0.123 e. The van der Waals surface area contributed by atoms with Gasteiger partial charge in [0.2, 0.25) is 0 Å². The number of benzene rings is 1. The number of nitrogen functional groups attached to an aromatic ring is 1. The van der Waals surface area contributed by atoms with Gasteiger partial charge in [0.05, 0.1) is 12.1 Å². The first-order chi connectivity index (χ1) is 6.22. The second-order valence-electron chi connectivity index (χ2n) is 2.88. The molecule has 68 valence electrons. The van der Waals surface area contributed by atoms with Crippen molar-refractivity contribution in [2.24, 2.45) is 0 Å². The number of hydrogen-bond donors (Lipinski definition) is 2. The lowest BCUT2D eigenvalue weighted by molar-refractivity contribution is 0.283. The van der Waals surface area contributed by atoms with Crippen molar-refractivity contribution in [2.45, 2.75) is 6.61 Å². The Hall–Kier alpha value is -1.55. The second-order valence-corrected chi connectivity index (χ2v) is 2.88. The van der Waals surface area contributed by atoms with Crippen LogP contribution < -0.4 is 5.84 Å². The van der Waals surface area contributed by atoms with Gasteiger partial charge >= 0.3 is 0 Å². The van der Waals surface area contributed by atoms with E-state index in [9.17, 15) is 4.39 Å². The molecule has 0 spiro atoms. The zero-order valence-corrected chi connectivity index (χ0v) is 6.87. The molecule has 13 heavy (non-hydrogen) atoms. The summed E-state index contributed by atoms with van der Waals surface area (Å²) in [4.78, 5) is 0. The molecule has 0 fully saturated rings. The van der Waals surface area contributed by atoms with Gasteiger partial charge in [-0.1, -0.05) is 0 Å². The highest BCUT2D eigenvalue weighted by molar-refractivity contribution is 5.83. The minimum Gasteiger partial charge on any atom is -0.392 e. The van der Waals surface area contributed by atoms with Gasteiger partial charge in [0.25, 0.3) is 0 Å². The van der Waals surface area contributed by atoms with E-state index in [0.29, 0.717) is 16.5 Å². The molecule has 0 bridgehead atoms.